The Morgan fingerprint density at radius 3 is 2.63 bits per heavy atom. The Bertz CT molecular complexity index is 965. The van der Waals surface area contributed by atoms with Gasteiger partial charge in [0.1, 0.15) is 10.8 Å². The molecule has 1 amide bonds. The lowest BCUT2D eigenvalue weighted by Gasteiger charge is -2.34. The first kappa shape index (κ1) is 20.8. The van der Waals surface area contributed by atoms with Crippen molar-refractivity contribution in [3.63, 3.8) is 0 Å². The molecular weight excluding hydrogens is 396 g/mol. The topological polar surface area (TPSA) is 48.9 Å². The molecule has 1 fully saturated rings. The number of nitrogens with zero attached hydrogens (tertiary/aromatic N) is 4. The molecule has 2 aromatic carbocycles. The maximum absolute atomic E-state index is 12.7. The predicted molar refractivity (Wildman–Crippen MR) is 121 cm³/mol. The molecular formula is C23H28N4O2S. The zero-order chi connectivity index (χ0) is 20.9. The van der Waals surface area contributed by atoms with Crippen LogP contribution in [0.3, 0.4) is 0 Å². The number of thiazole rings is 1. The number of carbonyl (C=O) groups is 1. The average molecular weight is 425 g/mol. The summed E-state index contributed by atoms with van der Waals surface area (Å²) in [5, 5.41) is 1.17. The molecule has 6 nitrogen and oxygen atoms in total. The number of ether oxygens (including phenoxy) is 1. The van der Waals surface area contributed by atoms with E-state index in [0.717, 1.165) is 49.6 Å². The van der Waals surface area contributed by atoms with Crippen LogP contribution in [0.5, 0.6) is 5.75 Å². The molecule has 7 heteroatoms. The van der Waals surface area contributed by atoms with Crippen LogP contribution in [0.1, 0.15) is 10.6 Å². The number of para-hydroxylation sites is 1. The van der Waals surface area contributed by atoms with Crippen molar-refractivity contribution in [3.05, 3.63) is 59.1 Å². The van der Waals surface area contributed by atoms with Crippen molar-refractivity contribution in [2.45, 2.75) is 13.1 Å². The van der Waals surface area contributed by atoms with Crippen LogP contribution >= 0.6 is 11.3 Å². The molecule has 0 aliphatic carbocycles. The van der Waals surface area contributed by atoms with Crippen molar-refractivity contribution in [1.82, 2.24) is 19.7 Å². The molecule has 1 aliphatic heterocycles. The Balaban J connectivity index is 1.24. The highest BCUT2D eigenvalue weighted by molar-refractivity contribution is 7.18. The molecule has 4 rings (SSSR count). The van der Waals surface area contributed by atoms with Gasteiger partial charge in [-0.2, -0.15) is 0 Å². The van der Waals surface area contributed by atoms with Crippen molar-refractivity contribution in [2.24, 2.45) is 0 Å². The Morgan fingerprint density at radius 2 is 1.87 bits per heavy atom. The second kappa shape index (κ2) is 9.55. The summed E-state index contributed by atoms with van der Waals surface area (Å²) in [6.07, 6.45) is 0. The van der Waals surface area contributed by atoms with Gasteiger partial charge in [-0.3, -0.25) is 14.6 Å². The van der Waals surface area contributed by atoms with Crippen LogP contribution in [-0.2, 0) is 17.9 Å². The maximum Gasteiger partial charge on any atom is 0.236 e. The summed E-state index contributed by atoms with van der Waals surface area (Å²) in [5.74, 6) is 0.968. The van der Waals surface area contributed by atoms with Crippen LogP contribution in [0, 0.1) is 0 Å². The van der Waals surface area contributed by atoms with E-state index in [1.165, 1.54) is 9.71 Å². The van der Waals surface area contributed by atoms with E-state index in [-0.39, 0.29) is 5.91 Å². The summed E-state index contributed by atoms with van der Waals surface area (Å²) in [5.41, 5.74) is 2.16. The number of aromatic nitrogens is 1. The predicted octanol–water partition coefficient (Wildman–Crippen LogP) is 3.08. The minimum absolute atomic E-state index is 0.150. The number of hydrogen-bond donors (Lipinski definition) is 0. The van der Waals surface area contributed by atoms with Crippen molar-refractivity contribution < 1.29 is 9.53 Å². The molecule has 158 valence electrons. The third kappa shape index (κ3) is 5.16. The molecule has 30 heavy (non-hydrogen) atoms. The van der Waals surface area contributed by atoms with E-state index in [1.807, 2.05) is 37.4 Å². The zero-order valence-electron chi connectivity index (χ0n) is 17.6. The highest BCUT2D eigenvalue weighted by Gasteiger charge is 2.21. The molecule has 0 bridgehead atoms. The molecule has 1 aliphatic rings. The Morgan fingerprint density at radius 1 is 1.10 bits per heavy atom. The summed E-state index contributed by atoms with van der Waals surface area (Å²) in [4.78, 5) is 23.9. The first-order valence-corrected chi connectivity index (χ1v) is 11.1. The number of amides is 1. The molecule has 0 spiro atoms. The minimum Gasteiger partial charge on any atom is -0.497 e. The lowest BCUT2D eigenvalue weighted by atomic mass is 10.2. The van der Waals surface area contributed by atoms with E-state index in [0.29, 0.717) is 13.1 Å². The summed E-state index contributed by atoms with van der Waals surface area (Å²) in [7, 11) is 3.52. The average Bonchev–Trinajstić information content (AvgIpc) is 3.17. The molecule has 0 atom stereocenters. The monoisotopic (exact) mass is 424 g/mol. The van der Waals surface area contributed by atoms with Crippen LogP contribution in [-0.4, -0.2) is 72.5 Å². The van der Waals surface area contributed by atoms with Gasteiger partial charge in [0, 0.05) is 39.8 Å². The molecule has 1 aromatic heterocycles. The normalized spacial score (nSPS) is 15.4. The van der Waals surface area contributed by atoms with Gasteiger partial charge < -0.3 is 9.64 Å². The maximum atomic E-state index is 12.7. The second-order valence-electron chi connectivity index (χ2n) is 7.73. The van der Waals surface area contributed by atoms with E-state index in [1.54, 1.807) is 23.3 Å². The van der Waals surface area contributed by atoms with Crippen LogP contribution in [0.15, 0.2) is 48.5 Å². The highest BCUT2D eigenvalue weighted by Crippen LogP contribution is 2.23. The van der Waals surface area contributed by atoms with Crippen LogP contribution in [0.2, 0.25) is 0 Å². The fourth-order valence-electron chi connectivity index (χ4n) is 3.73. The van der Waals surface area contributed by atoms with E-state index in [4.69, 9.17) is 9.72 Å². The Hall–Kier alpha value is -2.48. The summed E-state index contributed by atoms with van der Waals surface area (Å²) in [6, 6.07) is 16.2. The van der Waals surface area contributed by atoms with E-state index < -0.39 is 0 Å². The van der Waals surface area contributed by atoms with Crippen LogP contribution in [0.25, 0.3) is 10.2 Å². The molecule has 1 saturated heterocycles. The fraction of sp³-hybridized carbons (Fsp3) is 0.391. The zero-order valence-corrected chi connectivity index (χ0v) is 18.4. The van der Waals surface area contributed by atoms with Gasteiger partial charge in [-0.1, -0.05) is 24.3 Å². The van der Waals surface area contributed by atoms with Crippen LogP contribution < -0.4 is 4.74 Å². The molecule has 0 radical (unpaired) electrons. The number of likely N-dealkylation sites (N-methyl/N-ethyl adjacent to an activating group) is 1. The first-order chi connectivity index (χ1) is 14.6. The number of carbonyl (C=O) groups excluding carboxylic acids is 1. The number of piperazine rings is 1. The lowest BCUT2D eigenvalue weighted by molar-refractivity contribution is -0.132. The van der Waals surface area contributed by atoms with Gasteiger partial charge in [-0.05, 0) is 29.8 Å². The van der Waals surface area contributed by atoms with Gasteiger partial charge >= 0.3 is 0 Å². The third-order valence-corrected chi connectivity index (χ3v) is 6.52. The van der Waals surface area contributed by atoms with Gasteiger partial charge in [0.25, 0.3) is 0 Å². The molecule has 3 aromatic rings. The second-order valence-corrected chi connectivity index (χ2v) is 8.84. The number of hydrogen-bond acceptors (Lipinski definition) is 6. The fourth-order valence-corrected chi connectivity index (χ4v) is 4.74. The van der Waals surface area contributed by atoms with Gasteiger partial charge in [-0.15, -0.1) is 11.3 Å². The van der Waals surface area contributed by atoms with Crippen molar-refractivity contribution >= 4 is 27.5 Å². The quantitative estimate of drug-likeness (QED) is 0.583. The van der Waals surface area contributed by atoms with Gasteiger partial charge in [0.2, 0.25) is 5.91 Å². The summed E-state index contributed by atoms with van der Waals surface area (Å²) < 4.78 is 6.51. The van der Waals surface area contributed by atoms with Gasteiger partial charge in [-0.25, -0.2) is 4.98 Å². The van der Waals surface area contributed by atoms with E-state index in [9.17, 15) is 4.79 Å². The number of rotatable bonds is 7. The Kier molecular flexibility index (Phi) is 6.62. The lowest BCUT2D eigenvalue weighted by Crippen LogP contribution is -2.49. The smallest absolute Gasteiger partial charge is 0.236 e. The minimum atomic E-state index is 0.150. The summed E-state index contributed by atoms with van der Waals surface area (Å²) >= 11 is 1.77. The van der Waals surface area contributed by atoms with Gasteiger partial charge in [0.05, 0.1) is 30.4 Å². The molecule has 0 saturated carbocycles. The van der Waals surface area contributed by atoms with Crippen molar-refractivity contribution in [1.29, 1.82) is 0 Å². The van der Waals surface area contributed by atoms with E-state index in [2.05, 4.69) is 28.0 Å². The molecule has 0 N–H and O–H groups in total. The highest BCUT2D eigenvalue weighted by atomic mass is 32.1. The van der Waals surface area contributed by atoms with E-state index >= 15 is 0 Å². The molecule has 0 unspecified atom stereocenters. The standard InChI is InChI=1S/C23H28N4O2S/c1-25(15-18-6-5-7-19(14-18)29-2)23(28)17-27-12-10-26(11-13-27)16-22-24-20-8-3-4-9-21(20)30-22/h3-9,14H,10-13,15-17H2,1-2H3. The van der Waals surface area contributed by atoms with Crippen LogP contribution in [0.4, 0.5) is 0 Å². The SMILES string of the molecule is COc1cccc(CN(C)C(=O)CN2CCN(Cc3nc4ccccc4s3)CC2)c1. The molecule has 2 heterocycles. The number of benzene rings is 2. The summed E-state index contributed by atoms with van der Waals surface area (Å²) in [6.45, 7) is 5.68. The number of fused-ring (bicyclic) bond motifs is 1. The largest absolute Gasteiger partial charge is 0.497 e. The number of methoxy groups -OCH3 is 1. The Labute approximate surface area is 181 Å². The van der Waals surface area contributed by atoms with Gasteiger partial charge in [0.15, 0.2) is 0 Å². The van der Waals surface area contributed by atoms with Crippen molar-refractivity contribution in [2.75, 3.05) is 46.9 Å². The first-order valence-electron chi connectivity index (χ1n) is 10.3. The van der Waals surface area contributed by atoms with Crippen molar-refractivity contribution in [3.8, 4) is 5.75 Å². The third-order valence-electron chi connectivity index (χ3n) is 5.50.